The van der Waals surface area contributed by atoms with Gasteiger partial charge in [0.1, 0.15) is 0 Å². The van der Waals surface area contributed by atoms with E-state index in [0.29, 0.717) is 24.2 Å². The van der Waals surface area contributed by atoms with Crippen LogP contribution in [0.25, 0.3) is 5.70 Å². The molecule has 3 aliphatic rings. The molecule has 1 aliphatic carbocycles. The molecule has 1 unspecified atom stereocenters. The number of alkyl halides is 3. The molecule has 0 bridgehead atoms. The molecule has 0 amide bonds. The van der Waals surface area contributed by atoms with Crippen LogP contribution in [0.3, 0.4) is 0 Å². The van der Waals surface area contributed by atoms with Crippen LogP contribution < -0.4 is 17.2 Å². The molecule has 6 nitrogen and oxygen atoms in total. The average Bonchev–Trinajstić information content (AvgIpc) is 3.30. The lowest BCUT2D eigenvalue weighted by Crippen LogP contribution is -2.63. The van der Waals surface area contributed by atoms with Crippen LogP contribution in [-0.2, 0) is 10.9 Å². The van der Waals surface area contributed by atoms with Gasteiger partial charge in [0.25, 0.3) is 0 Å². The van der Waals surface area contributed by atoms with Crippen LogP contribution in [0.15, 0.2) is 36.4 Å². The summed E-state index contributed by atoms with van der Waals surface area (Å²) in [4.78, 5) is 5.77. The zero-order valence-electron chi connectivity index (χ0n) is 22.1. The van der Waals surface area contributed by atoms with E-state index < -0.39 is 27.9 Å². The van der Waals surface area contributed by atoms with E-state index in [-0.39, 0.29) is 23.0 Å². The SMILES string of the molecule is NC(N)=C/C=C(\N)c1cnccc1C(F)(F)F.[B]C1([B])CC(C([B])([B])N2CC3CCC[C@@]3(C)C2)CC([B])([B])O1. The monoisotopic (exact) mass is 527 g/mol. The molecule has 2 atom stereocenters. The zero-order chi connectivity index (χ0) is 29.4. The molecule has 15 heteroatoms. The summed E-state index contributed by atoms with van der Waals surface area (Å²) in [5, 5.41) is -3.85. The summed E-state index contributed by atoms with van der Waals surface area (Å²) in [6, 6.07) is 0.853. The first kappa shape index (κ1) is 31.7. The summed E-state index contributed by atoms with van der Waals surface area (Å²) in [6.45, 7) is 4.13. The van der Waals surface area contributed by atoms with Crippen molar-refractivity contribution in [1.29, 1.82) is 0 Å². The van der Waals surface area contributed by atoms with Gasteiger partial charge in [-0.1, -0.05) is 18.7 Å². The van der Waals surface area contributed by atoms with Crippen molar-refractivity contribution in [2.75, 3.05) is 13.1 Å². The van der Waals surface area contributed by atoms with Gasteiger partial charge in [-0.15, -0.1) is 0 Å². The number of ether oxygens (including phenoxy) is 1. The first-order chi connectivity index (χ1) is 17.8. The van der Waals surface area contributed by atoms with E-state index >= 15 is 0 Å². The van der Waals surface area contributed by atoms with Crippen molar-refractivity contribution < 1.29 is 17.9 Å². The van der Waals surface area contributed by atoms with Gasteiger partial charge in [0, 0.05) is 36.7 Å². The summed E-state index contributed by atoms with van der Waals surface area (Å²) in [7, 11) is 36.7. The maximum Gasteiger partial charge on any atom is 0.417 e. The molecular formula is C24H30B6F3N5O. The van der Waals surface area contributed by atoms with E-state index in [9.17, 15) is 13.2 Å². The van der Waals surface area contributed by atoms with E-state index in [1.54, 1.807) is 0 Å². The van der Waals surface area contributed by atoms with Crippen LogP contribution in [0.1, 0.15) is 50.2 Å². The first-order valence-electron chi connectivity index (χ1n) is 12.6. The number of fused-ring (bicyclic) bond motifs is 1. The smallest absolute Gasteiger partial charge is 0.407 e. The van der Waals surface area contributed by atoms with Crippen molar-refractivity contribution in [2.24, 2.45) is 34.5 Å². The Hall–Kier alpha value is -1.87. The van der Waals surface area contributed by atoms with Crippen LogP contribution in [0.2, 0.25) is 0 Å². The summed E-state index contributed by atoms with van der Waals surface area (Å²) in [5.74, 6) is 0.374. The van der Waals surface area contributed by atoms with Crippen molar-refractivity contribution in [3.05, 3.63) is 47.6 Å². The quantitative estimate of drug-likeness (QED) is 0.394. The third-order valence-corrected chi connectivity index (χ3v) is 7.88. The van der Waals surface area contributed by atoms with Gasteiger partial charge in [0.2, 0.25) is 0 Å². The standard InChI is InChI=1S/C14H19B6NO.C10H11F3N4/c1-11-4-2-3-9(11)7-21(8-11)14(19,20)10-5-12(15,16)22-13(17,18)6-10;11-10(12,13)7-3-4-17-5-6(7)8(14)1-2-9(15)16/h9-10H,2-8H2,1H3;1-5H,14-16H2/b;8-1-/t9?,11-;/m0./s1. The second kappa shape index (κ2) is 11.2. The largest absolute Gasteiger partial charge is 0.417 e. The highest BCUT2D eigenvalue weighted by molar-refractivity contribution is 6.44. The first-order valence-corrected chi connectivity index (χ1v) is 12.6. The van der Waals surface area contributed by atoms with Crippen LogP contribution in [0.5, 0.6) is 0 Å². The lowest BCUT2D eigenvalue weighted by Gasteiger charge is -2.55. The maximum atomic E-state index is 12.6. The molecular weight excluding hydrogens is 496 g/mol. The maximum absolute atomic E-state index is 12.6. The van der Waals surface area contributed by atoms with Gasteiger partial charge in [-0.3, -0.25) is 4.98 Å². The number of nitrogens with zero attached hydrogens (tertiary/aromatic N) is 2. The minimum atomic E-state index is -4.49. The van der Waals surface area contributed by atoms with Crippen molar-refractivity contribution in [2.45, 2.75) is 61.3 Å². The molecule has 0 spiro atoms. The highest BCUT2D eigenvalue weighted by atomic mass is 19.4. The van der Waals surface area contributed by atoms with Gasteiger partial charge in [-0.05, 0) is 72.0 Å². The number of halogens is 3. The third-order valence-electron chi connectivity index (χ3n) is 7.88. The molecule has 4 rings (SSSR count). The molecule has 3 heterocycles. The number of rotatable bonds is 4. The fraction of sp³-hybridized carbons (Fsp3) is 0.625. The minimum absolute atomic E-state index is 0.0506. The Morgan fingerprint density at radius 2 is 1.72 bits per heavy atom. The average molecular weight is 526 g/mol. The van der Waals surface area contributed by atoms with Gasteiger partial charge < -0.3 is 26.8 Å². The fourth-order valence-corrected chi connectivity index (χ4v) is 5.90. The molecule has 39 heavy (non-hydrogen) atoms. The number of hydrogen-bond donors (Lipinski definition) is 3. The van der Waals surface area contributed by atoms with Crippen molar-refractivity contribution in [1.82, 2.24) is 9.88 Å². The lowest BCUT2D eigenvalue weighted by molar-refractivity contribution is -0.137. The minimum Gasteiger partial charge on any atom is -0.407 e. The Bertz CT molecular complexity index is 1080. The molecule has 2 aliphatic heterocycles. The predicted molar refractivity (Wildman–Crippen MR) is 151 cm³/mol. The van der Waals surface area contributed by atoms with Gasteiger partial charge >= 0.3 is 6.18 Å². The molecule has 12 radical (unpaired) electrons. The Labute approximate surface area is 236 Å². The van der Waals surface area contributed by atoms with Crippen LogP contribution in [0.4, 0.5) is 13.2 Å². The second-order valence-corrected chi connectivity index (χ2v) is 11.3. The lowest BCUT2D eigenvalue weighted by atomic mass is 9.43. The van der Waals surface area contributed by atoms with Gasteiger partial charge in [0.05, 0.1) is 58.5 Å². The van der Waals surface area contributed by atoms with E-state index in [4.69, 9.17) is 69.0 Å². The number of hydrogen-bond acceptors (Lipinski definition) is 6. The normalized spacial score (nSPS) is 27.3. The summed E-state index contributed by atoms with van der Waals surface area (Å²) >= 11 is 0. The highest BCUT2D eigenvalue weighted by Gasteiger charge is 2.52. The Morgan fingerprint density at radius 3 is 2.26 bits per heavy atom. The molecule has 1 aromatic rings. The van der Waals surface area contributed by atoms with Gasteiger partial charge in [0.15, 0.2) is 0 Å². The van der Waals surface area contributed by atoms with Crippen molar-refractivity contribution in [3.8, 4) is 0 Å². The van der Waals surface area contributed by atoms with E-state index in [2.05, 4.69) is 16.8 Å². The number of aromatic nitrogens is 1. The van der Waals surface area contributed by atoms with Crippen LogP contribution in [-0.4, -0.2) is 86.2 Å². The molecule has 1 saturated carbocycles. The summed E-state index contributed by atoms with van der Waals surface area (Å²) in [5.41, 5.74) is 14.9. The summed E-state index contributed by atoms with van der Waals surface area (Å²) < 4.78 is 43.2. The molecule has 0 aromatic carbocycles. The molecule has 1 aromatic heterocycles. The highest BCUT2D eigenvalue weighted by Crippen LogP contribution is 2.51. The number of likely N-dealkylation sites (tertiary alicyclic amines) is 1. The predicted octanol–water partition coefficient (Wildman–Crippen LogP) is 0.666. The molecule has 196 valence electrons. The number of nitrogens with two attached hydrogens (primary N) is 3. The summed E-state index contributed by atoms with van der Waals surface area (Å²) in [6.07, 6.45) is 4.42. The number of pyridine rings is 1. The number of allylic oxidation sites excluding steroid dienone is 2. The van der Waals surface area contributed by atoms with Crippen molar-refractivity contribution >= 4 is 52.8 Å². The molecule has 2 saturated heterocycles. The van der Waals surface area contributed by atoms with Crippen molar-refractivity contribution in [3.63, 3.8) is 0 Å². The van der Waals surface area contributed by atoms with Gasteiger partial charge in [-0.25, -0.2) is 0 Å². The third kappa shape index (κ3) is 7.66. The Kier molecular flexibility index (Phi) is 9.08. The Morgan fingerprint density at radius 1 is 1.10 bits per heavy atom. The molecule has 3 fully saturated rings. The van der Waals surface area contributed by atoms with Crippen LogP contribution >= 0.6 is 0 Å². The zero-order valence-corrected chi connectivity index (χ0v) is 22.1. The van der Waals surface area contributed by atoms with E-state index in [1.165, 1.54) is 31.4 Å². The van der Waals surface area contributed by atoms with E-state index in [1.807, 2.05) is 0 Å². The molecule has 6 N–H and O–H groups in total. The Balaban J connectivity index is 0.000000224. The second-order valence-electron chi connectivity index (χ2n) is 11.3. The topological polar surface area (TPSA) is 103 Å². The fourth-order valence-electron chi connectivity index (χ4n) is 5.90. The van der Waals surface area contributed by atoms with Crippen LogP contribution in [0, 0.1) is 17.3 Å². The van der Waals surface area contributed by atoms with E-state index in [0.717, 1.165) is 31.5 Å². The van der Waals surface area contributed by atoms with Gasteiger partial charge in [-0.2, -0.15) is 13.2 Å².